The van der Waals surface area contributed by atoms with Crippen LogP contribution in [0.1, 0.15) is 80.0 Å². The number of carbonyl (C=O) groups is 6. The summed E-state index contributed by atoms with van der Waals surface area (Å²) in [4.78, 5) is 77.6. The molecule has 0 radical (unpaired) electrons. The van der Waals surface area contributed by atoms with Gasteiger partial charge in [0.05, 0.1) is 12.1 Å². The molecule has 2 heterocycles. The fourth-order valence-electron chi connectivity index (χ4n) is 4.93. The van der Waals surface area contributed by atoms with Gasteiger partial charge in [0.2, 0.25) is 11.8 Å². The van der Waals surface area contributed by atoms with E-state index in [1.807, 2.05) is 0 Å². The maximum atomic E-state index is 13.3. The predicted octanol–water partition coefficient (Wildman–Crippen LogP) is -0.00240. The smallest absolute Gasteiger partial charge is 0.261 e. The van der Waals surface area contributed by atoms with E-state index >= 15 is 0 Å². The van der Waals surface area contributed by atoms with Crippen molar-refractivity contribution < 1.29 is 28.8 Å². The first kappa shape index (κ1) is 26.9. The van der Waals surface area contributed by atoms with Crippen molar-refractivity contribution in [2.75, 3.05) is 13.1 Å². The Morgan fingerprint density at radius 2 is 0.868 bits per heavy atom. The minimum absolute atomic E-state index is 0.124. The molecule has 0 fully saturated rings. The van der Waals surface area contributed by atoms with Crippen molar-refractivity contribution in [1.29, 1.82) is 0 Å². The Bertz CT molecular complexity index is 1200. The highest BCUT2D eigenvalue weighted by atomic mass is 16.2. The molecule has 4 rings (SSSR count). The lowest BCUT2D eigenvalue weighted by atomic mass is 9.85. The van der Waals surface area contributed by atoms with Gasteiger partial charge in [0.15, 0.2) is 0 Å². The van der Waals surface area contributed by atoms with Crippen LogP contribution in [-0.4, -0.2) is 70.4 Å². The number of imide groups is 2. The van der Waals surface area contributed by atoms with Crippen molar-refractivity contribution in [2.45, 2.75) is 50.6 Å². The third kappa shape index (κ3) is 4.75. The zero-order valence-corrected chi connectivity index (χ0v) is 20.8. The number of nitrogens with zero attached hydrogens (tertiary/aromatic N) is 2. The van der Waals surface area contributed by atoms with E-state index < -0.39 is 47.5 Å². The Kier molecular flexibility index (Phi) is 7.56. The Labute approximate surface area is 218 Å². The molecule has 0 saturated heterocycles. The van der Waals surface area contributed by atoms with Crippen molar-refractivity contribution in [3.05, 3.63) is 46.5 Å². The summed E-state index contributed by atoms with van der Waals surface area (Å²) in [6.45, 7) is 0.247. The van der Waals surface area contributed by atoms with Crippen molar-refractivity contribution in [2.24, 2.45) is 22.9 Å². The van der Waals surface area contributed by atoms with Gasteiger partial charge in [-0.05, 0) is 62.8 Å². The van der Waals surface area contributed by atoms with Gasteiger partial charge in [0.25, 0.3) is 23.6 Å². The number of benzene rings is 2. The molecule has 0 unspecified atom stereocenters. The van der Waals surface area contributed by atoms with Gasteiger partial charge in [-0.1, -0.05) is 0 Å². The quantitative estimate of drug-likeness (QED) is 0.219. The number of hydrogen-bond donors (Lipinski definition) is 4. The summed E-state index contributed by atoms with van der Waals surface area (Å²) in [5, 5.41) is 0.603. The Morgan fingerprint density at radius 1 is 0.579 bits per heavy atom. The first-order valence-electron chi connectivity index (χ1n) is 12.5. The second-order valence-electron chi connectivity index (χ2n) is 9.60. The highest BCUT2D eigenvalue weighted by Crippen LogP contribution is 2.38. The molecule has 0 aliphatic carbocycles. The Hall–Kier alpha value is -4.16. The van der Waals surface area contributed by atoms with Crippen LogP contribution in [0.4, 0.5) is 0 Å². The molecule has 38 heavy (non-hydrogen) atoms. The molecule has 6 amide bonds. The van der Waals surface area contributed by atoms with E-state index in [2.05, 4.69) is 0 Å². The molecular formula is C26H30N6O6. The van der Waals surface area contributed by atoms with Crippen LogP contribution in [0.15, 0.2) is 24.3 Å². The molecule has 2 aromatic rings. The molecule has 2 aliphatic rings. The zero-order chi connectivity index (χ0) is 27.7. The van der Waals surface area contributed by atoms with Crippen LogP contribution in [0.2, 0.25) is 0 Å². The van der Waals surface area contributed by atoms with E-state index in [1.54, 1.807) is 0 Å². The van der Waals surface area contributed by atoms with Gasteiger partial charge in [0, 0.05) is 46.1 Å². The number of rotatable bonds is 12. The van der Waals surface area contributed by atoms with Crippen LogP contribution in [0.3, 0.4) is 0 Å². The minimum atomic E-state index is -0.790. The number of primary amides is 2. The molecule has 8 N–H and O–H groups in total. The minimum Gasteiger partial charge on any atom is -0.368 e. The monoisotopic (exact) mass is 522 g/mol. The second-order valence-corrected chi connectivity index (χ2v) is 9.60. The number of hydrogen-bond acceptors (Lipinski definition) is 8. The number of nitrogens with two attached hydrogens (primary N) is 4. The van der Waals surface area contributed by atoms with Gasteiger partial charge in [-0.25, -0.2) is 0 Å². The molecule has 0 saturated carbocycles. The molecule has 0 bridgehead atoms. The summed E-state index contributed by atoms with van der Waals surface area (Å²) in [5.41, 5.74) is 22.6. The molecule has 0 spiro atoms. The van der Waals surface area contributed by atoms with Gasteiger partial charge in [-0.15, -0.1) is 0 Å². The summed E-state index contributed by atoms with van der Waals surface area (Å²) in [6, 6.07) is 4.45. The average Bonchev–Trinajstić information content (AvgIpc) is 2.88. The normalized spacial score (nSPS) is 16.3. The lowest BCUT2D eigenvalue weighted by Gasteiger charge is -2.32. The summed E-state index contributed by atoms with van der Waals surface area (Å²) in [7, 11) is 0. The Morgan fingerprint density at radius 3 is 1.13 bits per heavy atom. The Balaban J connectivity index is 1.55. The van der Waals surface area contributed by atoms with Crippen LogP contribution >= 0.6 is 0 Å². The van der Waals surface area contributed by atoms with Gasteiger partial charge < -0.3 is 22.9 Å². The van der Waals surface area contributed by atoms with Crippen molar-refractivity contribution in [3.8, 4) is 0 Å². The summed E-state index contributed by atoms with van der Waals surface area (Å²) >= 11 is 0. The number of carbonyl (C=O) groups excluding carboxylic acids is 6. The third-order valence-electron chi connectivity index (χ3n) is 7.09. The molecule has 2 aliphatic heterocycles. The number of amides is 6. The van der Waals surface area contributed by atoms with Crippen LogP contribution in [0.25, 0.3) is 10.8 Å². The SMILES string of the molecule is NC(=O)[C@@H](N)CCCCN1C(=O)c2ccc3c4c(ccc(c24)C1=O)C(=O)N(CCCC[C@H](N)C(N)=O)C3=O. The van der Waals surface area contributed by atoms with E-state index in [0.29, 0.717) is 49.3 Å². The van der Waals surface area contributed by atoms with Gasteiger partial charge in [-0.2, -0.15) is 0 Å². The second kappa shape index (κ2) is 10.7. The zero-order valence-electron chi connectivity index (χ0n) is 20.8. The topological polar surface area (TPSA) is 213 Å². The van der Waals surface area contributed by atoms with Crippen molar-refractivity contribution in [3.63, 3.8) is 0 Å². The molecule has 0 aromatic heterocycles. The van der Waals surface area contributed by atoms with Crippen molar-refractivity contribution >= 4 is 46.2 Å². The summed E-state index contributed by atoms with van der Waals surface area (Å²) in [6.07, 6.45) is 2.53. The first-order valence-corrected chi connectivity index (χ1v) is 12.5. The number of unbranched alkanes of at least 4 members (excludes halogenated alkanes) is 2. The molecule has 12 nitrogen and oxygen atoms in total. The van der Waals surface area contributed by atoms with E-state index in [4.69, 9.17) is 22.9 Å². The maximum Gasteiger partial charge on any atom is 0.261 e. The average molecular weight is 523 g/mol. The van der Waals surface area contributed by atoms with E-state index in [1.165, 1.54) is 24.3 Å². The van der Waals surface area contributed by atoms with Crippen LogP contribution in [0.5, 0.6) is 0 Å². The molecule has 12 heteroatoms. The van der Waals surface area contributed by atoms with E-state index in [0.717, 1.165) is 9.80 Å². The van der Waals surface area contributed by atoms with Crippen molar-refractivity contribution in [1.82, 2.24) is 9.80 Å². The third-order valence-corrected chi connectivity index (χ3v) is 7.09. The summed E-state index contributed by atoms with van der Waals surface area (Å²) in [5.74, 6) is -3.29. The van der Waals surface area contributed by atoms with Gasteiger partial charge in [-0.3, -0.25) is 38.6 Å². The predicted molar refractivity (Wildman–Crippen MR) is 137 cm³/mol. The van der Waals surface area contributed by atoms with E-state index in [-0.39, 0.29) is 35.3 Å². The van der Waals surface area contributed by atoms with Crippen LogP contribution < -0.4 is 22.9 Å². The molecule has 200 valence electrons. The van der Waals surface area contributed by atoms with Gasteiger partial charge in [0.1, 0.15) is 0 Å². The lowest BCUT2D eigenvalue weighted by molar-refractivity contribution is -0.120. The molecule has 2 aromatic carbocycles. The maximum absolute atomic E-state index is 13.3. The summed E-state index contributed by atoms with van der Waals surface area (Å²) < 4.78 is 0. The van der Waals surface area contributed by atoms with Crippen LogP contribution in [0, 0.1) is 0 Å². The fourth-order valence-corrected chi connectivity index (χ4v) is 4.93. The van der Waals surface area contributed by atoms with E-state index in [9.17, 15) is 28.8 Å². The largest absolute Gasteiger partial charge is 0.368 e. The molecule has 2 atom stereocenters. The highest BCUT2D eigenvalue weighted by molar-refractivity contribution is 6.33. The fraction of sp³-hybridized carbons (Fsp3) is 0.385. The van der Waals surface area contributed by atoms with Gasteiger partial charge >= 0.3 is 0 Å². The first-order chi connectivity index (χ1) is 18.0. The van der Waals surface area contributed by atoms with Crippen LogP contribution in [-0.2, 0) is 9.59 Å². The molecular weight excluding hydrogens is 492 g/mol. The lowest BCUT2D eigenvalue weighted by Crippen LogP contribution is -2.44. The highest BCUT2D eigenvalue weighted by Gasteiger charge is 2.39. The standard InChI is InChI=1S/C26H30N6O6/c27-17(21(29)33)5-1-3-11-31-23(35)13-7-9-15-20-16(10-8-14(19(13)20)24(31)36)26(38)32(25(15)37)12-4-2-6-18(28)22(30)34/h7-10,17-18H,1-6,11-12,27-28H2,(H2,29,33)(H2,30,34)/t17-,18-/m0/s1.